The van der Waals surface area contributed by atoms with Gasteiger partial charge in [0.05, 0.1) is 71.4 Å². The van der Waals surface area contributed by atoms with Crippen molar-refractivity contribution in [3.05, 3.63) is 54.6 Å². The summed E-state index contributed by atoms with van der Waals surface area (Å²) < 4.78 is 118. The highest BCUT2D eigenvalue weighted by atomic mass is 32.2. The lowest BCUT2D eigenvalue weighted by atomic mass is 10.1. The summed E-state index contributed by atoms with van der Waals surface area (Å²) in [6.45, 7) is -0.747. The number of benzene rings is 4. The number of azo groups is 2. The Balaban J connectivity index is 1.81. The van der Waals surface area contributed by atoms with Gasteiger partial charge in [-0.3, -0.25) is 12.9 Å². The summed E-state index contributed by atoms with van der Waals surface area (Å²) in [5.41, 5.74) is -0.736. The van der Waals surface area contributed by atoms with Gasteiger partial charge in [-0.05, 0) is 48.5 Å². The summed E-state index contributed by atoms with van der Waals surface area (Å²) in [7, 11) is -10.1. The number of fused-ring (bicyclic) bond motifs is 1. The third kappa shape index (κ3) is 14.2. The first-order valence-electron chi connectivity index (χ1n) is 15.9. The maximum atomic E-state index is 13.0. The SMILES string of the molecule is COc1ccc(S(=O)(=O)CCOSOOO)cc1/N=N/c1c(SOOO)cc2c(/N=N/c3ccc(S(=O)(=O)CCOSOOO)cc3OC)c(NCS(=O)(=O)O)ccc2c1O. The molecule has 0 saturated heterocycles. The van der Waals surface area contributed by atoms with Crippen molar-refractivity contribution in [2.24, 2.45) is 20.5 Å². The van der Waals surface area contributed by atoms with E-state index < -0.39 is 52.9 Å². The van der Waals surface area contributed by atoms with Gasteiger partial charge in [0.2, 0.25) is 0 Å². The van der Waals surface area contributed by atoms with Crippen LogP contribution in [0.3, 0.4) is 0 Å². The molecule has 0 heterocycles. The van der Waals surface area contributed by atoms with E-state index in [1.54, 1.807) is 0 Å². The van der Waals surface area contributed by atoms with Crippen molar-refractivity contribution in [1.82, 2.24) is 0 Å². The minimum absolute atomic E-state index is 0.0122. The number of phenolic OH excluding ortho intramolecular Hbond substituents is 1. The zero-order valence-corrected chi connectivity index (χ0v) is 35.6. The number of nitrogens with zero attached hydrogens (tertiary/aromatic N) is 4. The second kappa shape index (κ2) is 23.4. The van der Waals surface area contributed by atoms with Crippen LogP contribution in [0, 0.1) is 0 Å². The molecule has 61 heavy (non-hydrogen) atoms. The van der Waals surface area contributed by atoms with Crippen LogP contribution < -0.4 is 14.8 Å². The normalized spacial score (nSPS) is 12.5. The molecular formula is C29H31N5O21S6. The fourth-order valence-electron chi connectivity index (χ4n) is 4.77. The van der Waals surface area contributed by atoms with Crippen LogP contribution in [0.15, 0.2) is 89.7 Å². The van der Waals surface area contributed by atoms with Gasteiger partial charge in [0.25, 0.3) is 10.1 Å². The van der Waals surface area contributed by atoms with Crippen molar-refractivity contribution in [2.45, 2.75) is 14.7 Å². The van der Waals surface area contributed by atoms with E-state index in [-0.39, 0.29) is 103 Å². The highest BCUT2D eigenvalue weighted by Gasteiger charge is 2.22. The molecule has 32 heteroatoms. The Bertz CT molecular complexity index is 2530. The molecule has 4 rings (SSSR count). The van der Waals surface area contributed by atoms with Gasteiger partial charge in [0.15, 0.2) is 50.1 Å². The molecule has 0 aromatic heterocycles. The number of rotatable bonds is 26. The zero-order chi connectivity index (χ0) is 44.6. The van der Waals surface area contributed by atoms with Gasteiger partial charge < -0.3 is 19.9 Å². The van der Waals surface area contributed by atoms with Crippen LogP contribution >= 0.6 is 36.7 Å². The van der Waals surface area contributed by atoms with E-state index in [1.165, 1.54) is 56.7 Å². The van der Waals surface area contributed by atoms with Gasteiger partial charge in [-0.2, -0.15) is 8.42 Å². The zero-order valence-electron chi connectivity index (χ0n) is 30.7. The molecule has 4 aromatic rings. The highest BCUT2D eigenvalue weighted by Crippen LogP contribution is 2.49. The molecule has 0 fully saturated rings. The Morgan fingerprint density at radius 2 is 1.21 bits per heavy atom. The Labute approximate surface area is 357 Å². The molecule has 334 valence electrons. The van der Waals surface area contributed by atoms with E-state index in [0.29, 0.717) is 12.0 Å². The lowest BCUT2D eigenvalue weighted by molar-refractivity contribution is -0.434. The number of ether oxygens (including phenoxy) is 2. The van der Waals surface area contributed by atoms with Gasteiger partial charge in [0.1, 0.15) is 40.1 Å². The number of hydrogen-bond donors (Lipinski definition) is 6. The van der Waals surface area contributed by atoms with Crippen molar-refractivity contribution in [3.8, 4) is 17.2 Å². The van der Waals surface area contributed by atoms with Crippen molar-refractivity contribution in [2.75, 3.05) is 50.1 Å². The van der Waals surface area contributed by atoms with Crippen LogP contribution in [0.1, 0.15) is 0 Å². The first-order valence-corrected chi connectivity index (χ1v) is 22.9. The summed E-state index contributed by atoms with van der Waals surface area (Å²) >= 11 is 0.689. The molecular weight excluding hydrogens is 947 g/mol. The molecule has 26 nitrogen and oxygen atoms in total. The molecule has 0 bridgehead atoms. The van der Waals surface area contributed by atoms with Crippen LogP contribution in [0.5, 0.6) is 17.2 Å². The molecule has 6 N–H and O–H groups in total. The topological polar surface area (TPSA) is 357 Å². The molecule has 0 aliphatic heterocycles. The maximum Gasteiger partial charge on any atom is 0.283 e. The van der Waals surface area contributed by atoms with E-state index in [9.17, 15) is 34.9 Å². The van der Waals surface area contributed by atoms with Crippen molar-refractivity contribution in [1.29, 1.82) is 0 Å². The monoisotopic (exact) mass is 977 g/mol. The summed E-state index contributed by atoms with van der Waals surface area (Å²) in [5.74, 6) is -2.71. The van der Waals surface area contributed by atoms with Gasteiger partial charge in [-0.25, -0.2) is 32.6 Å². The van der Waals surface area contributed by atoms with Gasteiger partial charge in [-0.1, -0.05) is 15.1 Å². The lowest BCUT2D eigenvalue weighted by Gasteiger charge is -2.14. The Morgan fingerprint density at radius 3 is 1.80 bits per heavy atom. The van der Waals surface area contributed by atoms with Crippen LogP contribution in [0.4, 0.5) is 28.4 Å². The highest BCUT2D eigenvalue weighted by molar-refractivity contribution is 7.94. The Kier molecular flexibility index (Phi) is 19.0. The lowest BCUT2D eigenvalue weighted by Crippen LogP contribution is -2.13. The van der Waals surface area contributed by atoms with Gasteiger partial charge >= 0.3 is 0 Å². The number of aromatic hydroxyl groups is 1. The number of anilines is 1. The molecule has 0 spiro atoms. The first kappa shape index (κ1) is 49.6. The van der Waals surface area contributed by atoms with E-state index in [4.69, 9.17) is 33.6 Å². The molecule has 0 atom stereocenters. The molecule has 0 saturated carbocycles. The maximum absolute atomic E-state index is 13.0. The summed E-state index contributed by atoms with van der Waals surface area (Å²) in [4.78, 5) is -0.571. The van der Waals surface area contributed by atoms with Gasteiger partial charge in [0, 0.05) is 16.8 Å². The van der Waals surface area contributed by atoms with Crippen molar-refractivity contribution >= 4 is 106 Å². The predicted octanol–water partition coefficient (Wildman–Crippen LogP) is 6.63. The number of methoxy groups -OCH3 is 2. The minimum Gasteiger partial charge on any atom is -0.505 e. The molecule has 0 unspecified atom stereocenters. The number of sulfone groups is 2. The quantitative estimate of drug-likeness (QED) is 0.00960. The van der Waals surface area contributed by atoms with E-state index in [2.05, 4.69) is 53.9 Å². The molecule has 0 amide bonds. The smallest absolute Gasteiger partial charge is 0.283 e. The standard InChI is InChI=1S/C29H31N5O21S6/c1-46-24-8-4-17(59(39,40)11-9-48-57-54-51-37)13-23(24)32-34-28-26(56-53-50-36)15-20-19(29(28)35)5-7-22(30-16-61(43,44)45)27(20)33-31-21-6-3-18(14-25(21)47-2)60(41,42)12-10-49-58-55-52-38/h3-8,13-15,30,35-38H,9-12,16H2,1-2H3,(H,43,44,45)/b33-31+,34-32+. The average Bonchev–Trinajstić information content (AvgIpc) is 3.23. The van der Waals surface area contributed by atoms with Crippen molar-refractivity contribution in [3.63, 3.8) is 0 Å². The Hall–Kier alpha value is -4.04. The summed E-state index contributed by atoms with van der Waals surface area (Å²) in [6.07, 6.45) is 0. The van der Waals surface area contributed by atoms with Crippen LogP contribution in [-0.4, -0.2) is 95.5 Å². The minimum atomic E-state index is -4.61. The largest absolute Gasteiger partial charge is 0.505 e. The second-order valence-electron chi connectivity index (χ2n) is 11.0. The first-order chi connectivity index (χ1) is 29.1. The van der Waals surface area contributed by atoms with Crippen LogP contribution in [-0.2, 0) is 66.3 Å². The predicted molar refractivity (Wildman–Crippen MR) is 211 cm³/mol. The molecule has 4 aromatic carbocycles. The molecule has 0 radical (unpaired) electrons. The average molecular weight is 978 g/mol. The molecule has 0 aliphatic rings. The van der Waals surface area contributed by atoms with Crippen LogP contribution in [0.25, 0.3) is 10.8 Å². The van der Waals surface area contributed by atoms with Crippen LogP contribution in [0.2, 0.25) is 0 Å². The second-order valence-corrected chi connectivity index (χ2v) is 18.5. The van der Waals surface area contributed by atoms with E-state index in [1.807, 2.05) is 0 Å². The van der Waals surface area contributed by atoms with E-state index in [0.717, 1.165) is 12.1 Å². The van der Waals surface area contributed by atoms with Crippen molar-refractivity contribution < 1.29 is 96.6 Å². The van der Waals surface area contributed by atoms with E-state index >= 15 is 0 Å². The third-order valence-corrected chi connectivity index (χ3v) is 12.7. The molecule has 0 aliphatic carbocycles. The fraction of sp³-hybridized carbons (Fsp3) is 0.241. The number of hydrogen-bond acceptors (Lipinski definition) is 28. The Morgan fingerprint density at radius 1 is 0.639 bits per heavy atom. The summed E-state index contributed by atoms with van der Waals surface area (Å²) in [5, 5.41) is 66.4. The number of nitrogens with one attached hydrogen (secondary N) is 1. The van der Waals surface area contributed by atoms with Gasteiger partial charge in [-0.15, -0.1) is 33.5 Å². The number of phenols is 1. The third-order valence-electron chi connectivity index (χ3n) is 7.42. The summed E-state index contributed by atoms with van der Waals surface area (Å²) in [6, 6.07) is 11.1. The fourth-order valence-corrected chi connectivity index (χ4v) is 8.45.